The van der Waals surface area contributed by atoms with Crippen molar-refractivity contribution in [3.05, 3.63) is 54.0 Å². The minimum atomic E-state index is -4.29. The molecule has 0 aliphatic carbocycles. The molecule has 5 N–H and O–H groups in total. The molecule has 4 rings (SSSR count). The SMILES string of the molecule is C=NC[C@@]1(c2ccc3c(N)ncnn23)O[C@H](COP(=O)(N[C@@H](C)C(=O)OCC)Oc2ccc(C(C)(C)C)cc2)[C@@H](O)[C@H]1O. The van der Waals surface area contributed by atoms with Crippen LogP contribution in [0.25, 0.3) is 5.52 Å². The number of fused-ring (bicyclic) bond motifs is 1. The molecule has 0 spiro atoms. The third-order valence-electron chi connectivity index (χ3n) is 7.15. The summed E-state index contributed by atoms with van der Waals surface area (Å²) in [6.45, 7) is 12.3. The minimum Gasteiger partial charge on any atom is -0.465 e. The molecule has 1 aromatic carbocycles. The lowest BCUT2D eigenvalue weighted by Crippen LogP contribution is -2.44. The summed E-state index contributed by atoms with van der Waals surface area (Å²) in [5.74, 6) is -0.246. The second-order valence-electron chi connectivity index (χ2n) is 11.3. The number of hydrogen-bond acceptors (Lipinski definition) is 12. The fourth-order valence-electron chi connectivity index (χ4n) is 4.86. The average Bonchev–Trinajstić information content (AvgIpc) is 3.49. The quantitative estimate of drug-likeness (QED) is 0.132. The number of carbonyl (C=O) groups excluding carboxylic acids is 1. The Labute approximate surface area is 249 Å². The normalized spacial score (nSPS) is 24.4. The predicted molar refractivity (Wildman–Crippen MR) is 159 cm³/mol. The standard InChI is InChI=1S/C28H39N6O8P/c1-7-39-26(37)17(2)33-43(38,42-19-10-8-18(9-11-19)27(3,4)5)40-14-21-23(35)24(36)28(41-21,15-30-6)22-13-12-20-25(29)31-16-32-34(20)22/h8-13,16-17,21,23-24,35-36H,6-7,14-15H2,1-5H3,(H,33,38)(H2,29,31,32)/t17-,21+,23+,24+,28-,43?/m0/s1. The number of carbonyl (C=O) groups is 1. The number of esters is 1. The molecule has 1 aliphatic rings. The van der Waals surface area contributed by atoms with E-state index >= 15 is 0 Å². The van der Waals surface area contributed by atoms with Gasteiger partial charge in [-0.15, -0.1) is 0 Å². The van der Waals surface area contributed by atoms with Crippen LogP contribution < -0.4 is 15.3 Å². The van der Waals surface area contributed by atoms with Gasteiger partial charge in [0.2, 0.25) is 0 Å². The first-order valence-corrected chi connectivity index (χ1v) is 15.3. The van der Waals surface area contributed by atoms with E-state index in [0.29, 0.717) is 11.2 Å². The third kappa shape index (κ3) is 6.74. The van der Waals surface area contributed by atoms with E-state index in [9.17, 15) is 19.6 Å². The molecule has 6 atom stereocenters. The van der Waals surface area contributed by atoms with E-state index < -0.39 is 50.3 Å². The molecule has 14 nitrogen and oxygen atoms in total. The van der Waals surface area contributed by atoms with Gasteiger partial charge in [0.25, 0.3) is 0 Å². The van der Waals surface area contributed by atoms with Crippen molar-refractivity contribution in [1.82, 2.24) is 19.7 Å². The summed E-state index contributed by atoms with van der Waals surface area (Å²) in [6.07, 6.45) is -2.98. The Morgan fingerprint density at radius 2 is 1.98 bits per heavy atom. The molecule has 0 radical (unpaired) electrons. The summed E-state index contributed by atoms with van der Waals surface area (Å²) in [7, 11) is -4.29. The molecule has 1 unspecified atom stereocenters. The fraction of sp³-hybridized carbons (Fsp3) is 0.500. The van der Waals surface area contributed by atoms with Crippen LogP contribution in [-0.2, 0) is 34.4 Å². The van der Waals surface area contributed by atoms with Gasteiger partial charge in [-0.05, 0) is 55.8 Å². The lowest BCUT2D eigenvalue weighted by molar-refractivity contribution is -0.144. The number of nitrogen functional groups attached to an aromatic ring is 1. The van der Waals surface area contributed by atoms with Gasteiger partial charge in [0.05, 0.1) is 25.5 Å². The molecule has 1 saturated heterocycles. The number of hydrogen-bond donors (Lipinski definition) is 4. The zero-order valence-corrected chi connectivity index (χ0v) is 25.7. The van der Waals surface area contributed by atoms with E-state index in [0.717, 1.165) is 5.56 Å². The highest BCUT2D eigenvalue weighted by molar-refractivity contribution is 7.52. The van der Waals surface area contributed by atoms with Crippen LogP contribution in [-0.4, -0.2) is 81.6 Å². The van der Waals surface area contributed by atoms with Gasteiger partial charge in [-0.25, -0.2) is 14.1 Å². The second-order valence-corrected chi connectivity index (χ2v) is 13.0. The summed E-state index contributed by atoms with van der Waals surface area (Å²) in [4.78, 5) is 20.3. The van der Waals surface area contributed by atoms with E-state index in [4.69, 9.17) is 24.3 Å². The monoisotopic (exact) mass is 618 g/mol. The summed E-state index contributed by atoms with van der Waals surface area (Å²) in [5, 5.41) is 29.1. The second kappa shape index (κ2) is 12.7. The van der Waals surface area contributed by atoms with Gasteiger partial charge >= 0.3 is 13.7 Å². The number of nitrogens with two attached hydrogens (primary N) is 1. The number of anilines is 1. The average molecular weight is 619 g/mol. The zero-order chi connectivity index (χ0) is 31.6. The number of rotatable bonds is 12. The van der Waals surface area contributed by atoms with Crippen LogP contribution in [0.1, 0.15) is 45.9 Å². The van der Waals surface area contributed by atoms with Crippen LogP contribution in [0.3, 0.4) is 0 Å². The molecule has 0 bridgehead atoms. The summed E-state index contributed by atoms with van der Waals surface area (Å²) < 4.78 is 38.2. The molecular weight excluding hydrogens is 579 g/mol. The minimum absolute atomic E-state index is 0.121. The Morgan fingerprint density at radius 1 is 1.28 bits per heavy atom. The van der Waals surface area contributed by atoms with Crippen LogP contribution >= 0.6 is 7.75 Å². The highest BCUT2D eigenvalue weighted by atomic mass is 31.2. The Balaban J connectivity index is 1.61. The molecule has 3 heterocycles. The van der Waals surface area contributed by atoms with Crippen LogP contribution in [0.15, 0.2) is 47.7 Å². The Hall–Kier alpha value is -3.39. The van der Waals surface area contributed by atoms with Gasteiger partial charge in [-0.2, -0.15) is 10.2 Å². The predicted octanol–water partition coefficient (Wildman–Crippen LogP) is 2.37. The Morgan fingerprint density at radius 3 is 2.60 bits per heavy atom. The van der Waals surface area contributed by atoms with Gasteiger partial charge in [0.1, 0.15) is 41.9 Å². The molecule has 234 valence electrons. The van der Waals surface area contributed by atoms with Gasteiger partial charge in [-0.1, -0.05) is 32.9 Å². The number of aliphatic hydroxyl groups excluding tert-OH is 2. The first kappa shape index (κ1) is 32.5. The molecule has 1 fully saturated rings. The van der Waals surface area contributed by atoms with Gasteiger partial charge in [0, 0.05) is 0 Å². The molecule has 3 aromatic rings. The van der Waals surface area contributed by atoms with Gasteiger partial charge < -0.3 is 29.9 Å². The van der Waals surface area contributed by atoms with E-state index in [1.807, 2.05) is 12.1 Å². The van der Waals surface area contributed by atoms with Crippen LogP contribution in [0.4, 0.5) is 5.82 Å². The maximum atomic E-state index is 14.0. The Kier molecular flexibility index (Phi) is 9.60. The smallest absolute Gasteiger partial charge is 0.459 e. The van der Waals surface area contributed by atoms with Crippen molar-refractivity contribution in [2.24, 2.45) is 4.99 Å². The number of benzene rings is 1. The van der Waals surface area contributed by atoms with Gasteiger partial charge in [0.15, 0.2) is 11.4 Å². The fourth-order valence-corrected chi connectivity index (χ4v) is 6.36. The highest BCUT2D eigenvalue weighted by Crippen LogP contribution is 2.47. The van der Waals surface area contributed by atoms with E-state index in [-0.39, 0.29) is 30.1 Å². The van der Waals surface area contributed by atoms with E-state index in [1.54, 1.807) is 31.2 Å². The third-order valence-corrected chi connectivity index (χ3v) is 8.80. The summed E-state index contributed by atoms with van der Waals surface area (Å²) in [6, 6.07) is 9.17. The van der Waals surface area contributed by atoms with E-state index in [2.05, 4.69) is 47.7 Å². The topological polar surface area (TPSA) is 192 Å². The van der Waals surface area contributed by atoms with E-state index in [1.165, 1.54) is 17.8 Å². The number of ether oxygens (including phenoxy) is 2. The van der Waals surface area contributed by atoms with Gasteiger partial charge in [-0.3, -0.25) is 14.3 Å². The van der Waals surface area contributed by atoms with Crippen molar-refractivity contribution in [2.45, 2.75) is 70.0 Å². The van der Waals surface area contributed by atoms with Crippen molar-refractivity contribution in [2.75, 3.05) is 25.5 Å². The largest absolute Gasteiger partial charge is 0.465 e. The lowest BCUT2D eigenvalue weighted by atomic mass is 9.87. The first-order chi connectivity index (χ1) is 20.2. The molecule has 15 heteroatoms. The summed E-state index contributed by atoms with van der Waals surface area (Å²) in [5.41, 5.74) is 6.07. The first-order valence-electron chi connectivity index (χ1n) is 13.8. The molecule has 2 aromatic heterocycles. The number of aromatic nitrogens is 3. The molecule has 0 amide bonds. The van der Waals surface area contributed by atoms with Crippen molar-refractivity contribution >= 4 is 31.8 Å². The van der Waals surface area contributed by atoms with Crippen molar-refractivity contribution in [3.8, 4) is 5.75 Å². The molecular formula is C28H39N6O8P. The molecule has 0 saturated carbocycles. The number of nitrogens with one attached hydrogen (secondary N) is 1. The molecule has 43 heavy (non-hydrogen) atoms. The van der Waals surface area contributed by atoms with Crippen molar-refractivity contribution < 1.29 is 38.1 Å². The molecule has 1 aliphatic heterocycles. The van der Waals surface area contributed by atoms with Crippen molar-refractivity contribution in [1.29, 1.82) is 0 Å². The lowest BCUT2D eigenvalue weighted by Gasteiger charge is -2.30. The maximum absolute atomic E-state index is 14.0. The van der Waals surface area contributed by atoms with Crippen LogP contribution in [0.2, 0.25) is 0 Å². The number of aliphatic hydroxyl groups is 2. The summed E-state index contributed by atoms with van der Waals surface area (Å²) >= 11 is 0. The van der Waals surface area contributed by atoms with Crippen molar-refractivity contribution in [3.63, 3.8) is 0 Å². The number of aliphatic imine (C=N–C) groups is 1. The maximum Gasteiger partial charge on any atom is 0.459 e. The number of nitrogens with zero attached hydrogens (tertiary/aromatic N) is 4. The Bertz CT molecular complexity index is 1490. The zero-order valence-electron chi connectivity index (χ0n) is 24.8. The van der Waals surface area contributed by atoms with Crippen LogP contribution in [0.5, 0.6) is 5.75 Å². The van der Waals surface area contributed by atoms with Crippen LogP contribution in [0, 0.1) is 0 Å². The highest BCUT2D eigenvalue weighted by Gasteiger charge is 2.57.